The van der Waals surface area contributed by atoms with Crippen molar-refractivity contribution in [1.82, 2.24) is 4.90 Å². The second-order valence-corrected chi connectivity index (χ2v) is 7.51. The van der Waals surface area contributed by atoms with Gasteiger partial charge in [0.1, 0.15) is 0 Å². The summed E-state index contributed by atoms with van der Waals surface area (Å²) in [6.45, 7) is 1.71. The fourth-order valence-electron chi connectivity index (χ4n) is 2.67. The molecule has 1 saturated carbocycles. The molecule has 4 heteroatoms. The third-order valence-corrected chi connectivity index (χ3v) is 4.98. The third kappa shape index (κ3) is 4.05. The van der Waals surface area contributed by atoms with Crippen LogP contribution in [0.2, 0.25) is 0 Å². The van der Waals surface area contributed by atoms with E-state index in [-0.39, 0.29) is 0 Å². The fraction of sp³-hybridized carbons (Fsp3) is 0.692. The van der Waals surface area contributed by atoms with Crippen LogP contribution in [0.4, 0.5) is 0 Å². The number of thiophene rings is 1. The molecular weight excluding hydrogens is 298 g/mol. The van der Waals surface area contributed by atoms with Crippen molar-refractivity contribution in [2.45, 2.75) is 44.2 Å². The van der Waals surface area contributed by atoms with Crippen LogP contribution in [-0.4, -0.2) is 29.2 Å². The molecule has 0 amide bonds. The smallest absolute Gasteiger partial charge is 0.0774 e. The van der Waals surface area contributed by atoms with E-state index in [4.69, 9.17) is 0 Å². The summed E-state index contributed by atoms with van der Waals surface area (Å²) in [7, 11) is 2.10. The van der Waals surface area contributed by atoms with Crippen LogP contribution in [-0.2, 0) is 6.54 Å². The van der Waals surface area contributed by atoms with E-state index in [9.17, 15) is 5.11 Å². The molecule has 1 heterocycles. The van der Waals surface area contributed by atoms with Gasteiger partial charge in [0.15, 0.2) is 0 Å². The number of likely N-dealkylation sites (N-methyl/N-ethyl adjacent to an activating group) is 1. The van der Waals surface area contributed by atoms with Crippen LogP contribution in [0.25, 0.3) is 0 Å². The van der Waals surface area contributed by atoms with Gasteiger partial charge >= 0.3 is 0 Å². The lowest BCUT2D eigenvalue weighted by molar-refractivity contribution is -0.0223. The number of rotatable bonds is 4. The Kier molecular flexibility index (Phi) is 4.64. The standard InChI is InChI=1S/C13H20BrNOS/c1-15(8-11-7-12(14)17-9-11)10-13(16)5-3-2-4-6-13/h7,9,16H,2-6,8,10H2,1H3. The topological polar surface area (TPSA) is 23.5 Å². The molecule has 2 nitrogen and oxygen atoms in total. The second kappa shape index (κ2) is 5.83. The van der Waals surface area contributed by atoms with Crippen LogP contribution in [0, 0.1) is 0 Å². The number of hydrogen-bond acceptors (Lipinski definition) is 3. The zero-order valence-corrected chi connectivity index (χ0v) is 12.7. The highest BCUT2D eigenvalue weighted by Crippen LogP contribution is 2.29. The number of halogens is 1. The first-order valence-corrected chi connectivity index (χ1v) is 7.88. The molecule has 1 N–H and O–H groups in total. The Morgan fingerprint density at radius 1 is 1.41 bits per heavy atom. The predicted molar refractivity (Wildman–Crippen MR) is 76.4 cm³/mol. The van der Waals surface area contributed by atoms with Gasteiger partial charge in [-0.15, -0.1) is 11.3 Å². The highest BCUT2D eigenvalue weighted by Gasteiger charge is 2.30. The van der Waals surface area contributed by atoms with Crippen LogP contribution in [0.15, 0.2) is 15.2 Å². The molecule has 1 fully saturated rings. The van der Waals surface area contributed by atoms with Crippen molar-refractivity contribution >= 4 is 27.3 Å². The molecule has 1 aliphatic rings. The number of aliphatic hydroxyl groups is 1. The summed E-state index contributed by atoms with van der Waals surface area (Å²) in [5.41, 5.74) is 0.879. The maximum Gasteiger partial charge on any atom is 0.0774 e. The molecule has 0 bridgehead atoms. The summed E-state index contributed by atoms with van der Waals surface area (Å²) in [6, 6.07) is 2.16. The predicted octanol–water partition coefficient (Wildman–Crippen LogP) is 3.64. The van der Waals surface area contributed by atoms with Gasteiger partial charge in [0, 0.05) is 13.1 Å². The number of nitrogens with zero attached hydrogens (tertiary/aromatic N) is 1. The molecule has 0 unspecified atom stereocenters. The Labute approximate surface area is 116 Å². The lowest BCUT2D eigenvalue weighted by Gasteiger charge is -2.35. The van der Waals surface area contributed by atoms with Gasteiger partial charge in [0.05, 0.1) is 9.39 Å². The molecule has 0 aromatic carbocycles. The molecular formula is C13H20BrNOS. The Morgan fingerprint density at radius 3 is 2.71 bits per heavy atom. The molecule has 17 heavy (non-hydrogen) atoms. The van der Waals surface area contributed by atoms with Crippen molar-refractivity contribution < 1.29 is 5.11 Å². The monoisotopic (exact) mass is 317 g/mol. The largest absolute Gasteiger partial charge is 0.389 e. The Balaban J connectivity index is 1.85. The molecule has 0 aliphatic heterocycles. The molecule has 1 aliphatic carbocycles. The van der Waals surface area contributed by atoms with Gasteiger partial charge < -0.3 is 5.11 Å². The maximum absolute atomic E-state index is 10.5. The van der Waals surface area contributed by atoms with E-state index < -0.39 is 5.60 Å². The summed E-state index contributed by atoms with van der Waals surface area (Å²) >= 11 is 5.20. The molecule has 1 aromatic heterocycles. The van der Waals surface area contributed by atoms with E-state index in [0.29, 0.717) is 0 Å². The first kappa shape index (κ1) is 13.5. The van der Waals surface area contributed by atoms with Gasteiger partial charge in [-0.1, -0.05) is 19.3 Å². The minimum atomic E-state index is -0.444. The molecule has 0 radical (unpaired) electrons. The van der Waals surface area contributed by atoms with E-state index >= 15 is 0 Å². The van der Waals surface area contributed by atoms with E-state index in [1.54, 1.807) is 11.3 Å². The first-order valence-electron chi connectivity index (χ1n) is 6.21. The van der Waals surface area contributed by atoms with Gasteiger partial charge in [-0.2, -0.15) is 0 Å². The van der Waals surface area contributed by atoms with Gasteiger partial charge in [0.2, 0.25) is 0 Å². The maximum atomic E-state index is 10.5. The Morgan fingerprint density at radius 2 is 2.12 bits per heavy atom. The molecule has 0 atom stereocenters. The summed E-state index contributed by atoms with van der Waals surface area (Å²) in [5, 5.41) is 12.6. The minimum absolute atomic E-state index is 0.444. The van der Waals surface area contributed by atoms with E-state index in [1.807, 2.05) is 0 Å². The van der Waals surface area contributed by atoms with Crippen molar-refractivity contribution in [3.8, 4) is 0 Å². The minimum Gasteiger partial charge on any atom is -0.389 e. The zero-order valence-electron chi connectivity index (χ0n) is 10.3. The van der Waals surface area contributed by atoms with Gasteiger partial charge in [-0.3, -0.25) is 4.90 Å². The highest BCUT2D eigenvalue weighted by atomic mass is 79.9. The summed E-state index contributed by atoms with van der Waals surface area (Å²) in [6.07, 6.45) is 5.56. The Bertz CT molecular complexity index is 360. The van der Waals surface area contributed by atoms with Crippen molar-refractivity contribution in [3.05, 3.63) is 20.8 Å². The second-order valence-electron chi connectivity index (χ2n) is 5.22. The average Bonchev–Trinajstić information content (AvgIpc) is 2.63. The zero-order chi connectivity index (χ0) is 12.3. The van der Waals surface area contributed by atoms with Crippen molar-refractivity contribution in [2.75, 3.05) is 13.6 Å². The SMILES string of the molecule is CN(Cc1csc(Br)c1)CC1(O)CCCCC1. The van der Waals surface area contributed by atoms with Crippen molar-refractivity contribution in [1.29, 1.82) is 0 Å². The molecule has 1 aromatic rings. The quantitative estimate of drug-likeness (QED) is 0.916. The molecule has 0 spiro atoms. The lowest BCUT2D eigenvalue weighted by atomic mass is 9.84. The summed E-state index contributed by atoms with van der Waals surface area (Å²) in [5.74, 6) is 0. The highest BCUT2D eigenvalue weighted by molar-refractivity contribution is 9.11. The lowest BCUT2D eigenvalue weighted by Crippen LogP contribution is -2.42. The average molecular weight is 318 g/mol. The fourth-order valence-corrected chi connectivity index (χ4v) is 3.87. The van der Waals surface area contributed by atoms with Crippen LogP contribution in [0.3, 0.4) is 0 Å². The first-order chi connectivity index (χ1) is 8.07. The van der Waals surface area contributed by atoms with Gasteiger partial charge in [0.25, 0.3) is 0 Å². The van der Waals surface area contributed by atoms with E-state index in [1.165, 1.54) is 28.6 Å². The van der Waals surface area contributed by atoms with E-state index in [2.05, 4.69) is 39.3 Å². The van der Waals surface area contributed by atoms with Gasteiger partial charge in [-0.05, 0) is 52.8 Å². The van der Waals surface area contributed by atoms with Crippen LogP contribution in [0.1, 0.15) is 37.7 Å². The van der Waals surface area contributed by atoms with Crippen molar-refractivity contribution in [2.24, 2.45) is 0 Å². The molecule has 96 valence electrons. The van der Waals surface area contributed by atoms with Crippen LogP contribution in [0.5, 0.6) is 0 Å². The van der Waals surface area contributed by atoms with Crippen LogP contribution < -0.4 is 0 Å². The molecule has 2 rings (SSSR count). The van der Waals surface area contributed by atoms with Gasteiger partial charge in [-0.25, -0.2) is 0 Å². The third-order valence-electron chi connectivity index (χ3n) is 3.42. The van der Waals surface area contributed by atoms with Crippen molar-refractivity contribution in [3.63, 3.8) is 0 Å². The van der Waals surface area contributed by atoms with E-state index in [0.717, 1.165) is 25.9 Å². The Hall–Kier alpha value is 0.1000. The summed E-state index contributed by atoms with van der Waals surface area (Å²) < 4.78 is 1.18. The summed E-state index contributed by atoms with van der Waals surface area (Å²) in [4.78, 5) is 2.24. The molecule has 0 saturated heterocycles. The van der Waals surface area contributed by atoms with Crippen LogP contribution >= 0.6 is 27.3 Å². The normalized spacial score (nSPS) is 19.8. The number of hydrogen-bond donors (Lipinski definition) is 1.